The lowest BCUT2D eigenvalue weighted by atomic mass is 10.1. The number of nitrogens with one attached hydrogen (secondary N) is 2. The molecule has 0 bridgehead atoms. The van der Waals surface area contributed by atoms with E-state index in [2.05, 4.69) is 27.6 Å². The predicted molar refractivity (Wildman–Crippen MR) is 128 cm³/mol. The molecule has 168 valence electrons. The number of hydrogen-bond acceptors (Lipinski definition) is 5. The second kappa shape index (κ2) is 18.4. The van der Waals surface area contributed by atoms with Crippen molar-refractivity contribution in [3.63, 3.8) is 0 Å². The van der Waals surface area contributed by atoms with Crippen LogP contribution >= 0.6 is 24.0 Å². The van der Waals surface area contributed by atoms with Crippen LogP contribution in [0.5, 0.6) is 0 Å². The highest BCUT2D eigenvalue weighted by molar-refractivity contribution is 14.0. The smallest absolute Gasteiger partial charge is 0.306 e. The summed E-state index contributed by atoms with van der Waals surface area (Å²) in [5.74, 6) is 0.742. The van der Waals surface area contributed by atoms with Crippen LogP contribution in [-0.4, -0.2) is 76.4 Å². The minimum Gasteiger partial charge on any atom is -0.460 e. The molecule has 0 saturated carbocycles. The number of aliphatic imine (C=N–C) groups is 1. The highest BCUT2D eigenvalue weighted by Gasteiger charge is 2.15. The van der Waals surface area contributed by atoms with E-state index in [4.69, 9.17) is 9.47 Å². The van der Waals surface area contributed by atoms with Gasteiger partial charge in [-0.05, 0) is 47.1 Å². The van der Waals surface area contributed by atoms with Gasteiger partial charge in [-0.2, -0.15) is 0 Å². The molecular weight excluding hydrogens is 471 g/mol. The average molecular weight is 514 g/mol. The van der Waals surface area contributed by atoms with Crippen molar-refractivity contribution in [2.45, 2.75) is 64.9 Å². The Morgan fingerprint density at radius 3 is 2.25 bits per heavy atom. The van der Waals surface area contributed by atoms with Crippen molar-refractivity contribution in [1.29, 1.82) is 0 Å². The molecule has 0 atom stereocenters. The zero-order chi connectivity index (χ0) is 20.5. The maximum atomic E-state index is 11.6. The molecule has 0 radical (unpaired) electrons. The van der Waals surface area contributed by atoms with Crippen LogP contribution in [-0.2, 0) is 14.3 Å². The number of likely N-dealkylation sites (N-methyl/N-ethyl adjacent to an activating group) is 1. The molecule has 0 aliphatic rings. The summed E-state index contributed by atoms with van der Waals surface area (Å²) in [7, 11) is 5.64. The monoisotopic (exact) mass is 514 g/mol. The van der Waals surface area contributed by atoms with Crippen LogP contribution in [0.2, 0.25) is 0 Å². The van der Waals surface area contributed by atoms with Crippen molar-refractivity contribution in [3.05, 3.63) is 0 Å². The number of carbonyl (C=O) groups excluding carboxylic acids is 1. The fourth-order valence-electron chi connectivity index (χ4n) is 2.52. The zero-order valence-corrected chi connectivity index (χ0v) is 21.1. The SMILES string of the molecule is CN=C(NCCCCCCC(=O)OC(C)(C)C)NCCN(C)CCCOC.I. The van der Waals surface area contributed by atoms with E-state index >= 15 is 0 Å². The number of carbonyl (C=O) groups is 1. The standard InChI is InChI=1S/C20H42N4O3.HI/c1-20(2,3)27-18(25)12-9-7-8-10-13-22-19(21-4)23-14-16-24(5)15-11-17-26-6;/h7-17H2,1-6H3,(H2,21,22,23);1H. The van der Waals surface area contributed by atoms with Crippen molar-refractivity contribution in [3.8, 4) is 0 Å². The number of unbranched alkanes of at least 4 members (excludes halogenated alkanes) is 3. The third-order valence-electron chi connectivity index (χ3n) is 3.92. The van der Waals surface area contributed by atoms with E-state index in [-0.39, 0.29) is 35.5 Å². The Bertz CT molecular complexity index is 415. The second-order valence-corrected chi connectivity index (χ2v) is 7.83. The third kappa shape index (κ3) is 20.1. The molecule has 0 aromatic heterocycles. The largest absolute Gasteiger partial charge is 0.460 e. The Labute approximate surface area is 189 Å². The second-order valence-electron chi connectivity index (χ2n) is 7.83. The van der Waals surface area contributed by atoms with E-state index in [0.717, 1.165) is 70.8 Å². The van der Waals surface area contributed by atoms with Crippen LogP contribution in [0.4, 0.5) is 0 Å². The first-order valence-corrected chi connectivity index (χ1v) is 10.1. The number of esters is 1. The van der Waals surface area contributed by atoms with Crippen LogP contribution in [0.3, 0.4) is 0 Å². The van der Waals surface area contributed by atoms with Crippen LogP contribution < -0.4 is 10.6 Å². The highest BCUT2D eigenvalue weighted by Crippen LogP contribution is 2.10. The van der Waals surface area contributed by atoms with Crippen molar-refractivity contribution in [1.82, 2.24) is 15.5 Å². The number of methoxy groups -OCH3 is 1. The molecule has 2 N–H and O–H groups in total. The van der Waals surface area contributed by atoms with Crippen molar-refractivity contribution < 1.29 is 14.3 Å². The van der Waals surface area contributed by atoms with Gasteiger partial charge in [-0.1, -0.05) is 12.8 Å². The maximum absolute atomic E-state index is 11.6. The van der Waals surface area contributed by atoms with Gasteiger partial charge in [-0.3, -0.25) is 9.79 Å². The van der Waals surface area contributed by atoms with Gasteiger partial charge in [-0.15, -0.1) is 24.0 Å². The van der Waals surface area contributed by atoms with E-state index in [0.29, 0.717) is 6.42 Å². The van der Waals surface area contributed by atoms with Crippen LogP contribution in [0, 0.1) is 0 Å². The summed E-state index contributed by atoms with van der Waals surface area (Å²) in [6.07, 6.45) is 5.64. The summed E-state index contributed by atoms with van der Waals surface area (Å²) in [4.78, 5) is 18.2. The van der Waals surface area contributed by atoms with Gasteiger partial charge < -0.3 is 25.0 Å². The Hall–Kier alpha value is -0.610. The molecule has 0 aromatic carbocycles. The Morgan fingerprint density at radius 2 is 1.64 bits per heavy atom. The lowest BCUT2D eigenvalue weighted by molar-refractivity contribution is -0.154. The molecular formula is C20H43IN4O3. The average Bonchev–Trinajstić information content (AvgIpc) is 2.58. The van der Waals surface area contributed by atoms with E-state index in [9.17, 15) is 4.79 Å². The number of halogens is 1. The predicted octanol–water partition coefficient (Wildman–Crippen LogP) is 3.03. The molecule has 0 fully saturated rings. The number of nitrogens with zero attached hydrogens (tertiary/aromatic N) is 2. The summed E-state index contributed by atoms with van der Waals surface area (Å²) in [5, 5.41) is 6.67. The summed E-state index contributed by atoms with van der Waals surface area (Å²) in [6, 6.07) is 0. The fraction of sp³-hybridized carbons (Fsp3) is 0.900. The van der Waals surface area contributed by atoms with Crippen LogP contribution in [0.25, 0.3) is 0 Å². The third-order valence-corrected chi connectivity index (χ3v) is 3.92. The Balaban J connectivity index is 0. The first-order valence-electron chi connectivity index (χ1n) is 10.1. The first kappa shape index (κ1) is 29.6. The topological polar surface area (TPSA) is 75.2 Å². The van der Waals surface area contributed by atoms with Gasteiger partial charge in [0, 0.05) is 53.4 Å². The zero-order valence-electron chi connectivity index (χ0n) is 18.8. The summed E-state index contributed by atoms with van der Waals surface area (Å²) >= 11 is 0. The Kier molecular flexibility index (Phi) is 19.5. The van der Waals surface area contributed by atoms with Crippen molar-refractivity contribution in [2.24, 2.45) is 4.99 Å². The lowest BCUT2D eigenvalue weighted by Crippen LogP contribution is -2.41. The van der Waals surface area contributed by atoms with E-state index < -0.39 is 0 Å². The number of rotatable bonds is 14. The molecule has 28 heavy (non-hydrogen) atoms. The van der Waals surface area contributed by atoms with Gasteiger partial charge in [0.1, 0.15) is 5.60 Å². The number of guanidine groups is 1. The van der Waals surface area contributed by atoms with Crippen LogP contribution in [0.1, 0.15) is 59.3 Å². The number of hydrogen-bond donors (Lipinski definition) is 2. The molecule has 0 rings (SSSR count). The fourth-order valence-corrected chi connectivity index (χ4v) is 2.52. The molecule has 0 aliphatic heterocycles. The lowest BCUT2D eigenvalue weighted by Gasteiger charge is -2.19. The van der Waals surface area contributed by atoms with Crippen molar-refractivity contribution >= 4 is 35.9 Å². The van der Waals surface area contributed by atoms with Gasteiger partial charge >= 0.3 is 5.97 Å². The molecule has 0 aliphatic carbocycles. The van der Waals surface area contributed by atoms with Gasteiger partial charge in [0.15, 0.2) is 5.96 Å². The quantitative estimate of drug-likeness (QED) is 0.122. The summed E-state index contributed by atoms with van der Waals surface area (Å²) in [5.41, 5.74) is -0.386. The molecule has 0 unspecified atom stereocenters. The number of ether oxygens (including phenoxy) is 2. The minimum absolute atomic E-state index is 0. The summed E-state index contributed by atoms with van der Waals surface area (Å²) in [6.45, 7) is 10.2. The van der Waals surface area contributed by atoms with E-state index in [1.165, 1.54) is 0 Å². The minimum atomic E-state index is -0.386. The summed E-state index contributed by atoms with van der Waals surface area (Å²) < 4.78 is 10.4. The van der Waals surface area contributed by atoms with Gasteiger partial charge in [0.25, 0.3) is 0 Å². The van der Waals surface area contributed by atoms with E-state index in [1.54, 1.807) is 14.2 Å². The van der Waals surface area contributed by atoms with Gasteiger partial charge in [0.05, 0.1) is 0 Å². The van der Waals surface area contributed by atoms with E-state index in [1.807, 2.05) is 20.8 Å². The Morgan fingerprint density at radius 1 is 1.00 bits per heavy atom. The molecule has 0 amide bonds. The molecule has 0 saturated heterocycles. The molecule has 0 spiro atoms. The molecule has 8 heteroatoms. The highest BCUT2D eigenvalue weighted by atomic mass is 127. The van der Waals surface area contributed by atoms with Crippen LogP contribution in [0.15, 0.2) is 4.99 Å². The van der Waals surface area contributed by atoms with Gasteiger partial charge in [0.2, 0.25) is 0 Å². The molecule has 0 aromatic rings. The maximum Gasteiger partial charge on any atom is 0.306 e. The van der Waals surface area contributed by atoms with Crippen molar-refractivity contribution in [2.75, 3.05) is 54.0 Å². The van der Waals surface area contributed by atoms with Gasteiger partial charge in [-0.25, -0.2) is 0 Å². The normalized spacial score (nSPS) is 11.9. The molecule has 7 nitrogen and oxygen atoms in total. The molecule has 0 heterocycles. The first-order chi connectivity index (χ1) is 12.8.